The smallest absolute Gasteiger partial charge is 0.246 e. The summed E-state index contributed by atoms with van der Waals surface area (Å²) in [5, 5.41) is 8.80. The van der Waals surface area contributed by atoms with Crippen LogP contribution in [0, 0.1) is 5.82 Å². The lowest BCUT2D eigenvalue weighted by atomic mass is 10.3. The Labute approximate surface area is 130 Å². The molecular weight excluding hydrogens is 375 g/mol. The first-order chi connectivity index (χ1) is 9.27. The molecule has 0 aliphatic carbocycles. The molecule has 0 saturated heterocycles. The quantitative estimate of drug-likeness (QED) is 0.577. The fourth-order valence-electron chi connectivity index (χ4n) is 1.62. The number of nitrogen functional groups attached to an aromatic ring is 1. The molecule has 1 rings (SSSR count). The molecule has 0 aliphatic rings. The second kappa shape index (κ2) is 7.04. The maximum Gasteiger partial charge on any atom is 0.246 e. The van der Waals surface area contributed by atoms with Gasteiger partial charge in [0.25, 0.3) is 0 Å². The lowest BCUT2D eigenvalue weighted by molar-refractivity contribution is 0.271. The Bertz CT molecular complexity index is 598. The first-order valence-corrected chi connectivity index (χ1v) is 8.42. The summed E-state index contributed by atoms with van der Waals surface area (Å²) in [4.78, 5) is -0.567. The van der Waals surface area contributed by atoms with Crippen LogP contribution in [0.3, 0.4) is 0 Å². The van der Waals surface area contributed by atoms with Gasteiger partial charge in [-0.25, -0.2) is 12.8 Å². The molecule has 0 aromatic heterocycles. The second-order valence-corrected chi connectivity index (χ2v) is 7.08. The number of nitrogens with two attached hydrogens (primary N) is 1. The van der Waals surface area contributed by atoms with E-state index in [4.69, 9.17) is 22.4 Å². The van der Waals surface area contributed by atoms with Crippen LogP contribution < -0.4 is 5.73 Å². The van der Waals surface area contributed by atoms with E-state index in [2.05, 4.69) is 15.9 Å². The Balaban J connectivity index is 3.35. The van der Waals surface area contributed by atoms with E-state index in [1.807, 2.05) is 0 Å². The van der Waals surface area contributed by atoms with Crippen molar-refractivity contribution in [2.45, 2.75) is 18.2 Å². The zero-order valence-electron chi connectivity index (χ0n) is 10.7. The molecule has 20 heavy (non-hydrogen) atoms. The van der Waals surface area contributed by atoms with Crippen LogP contribution in [0.1, 0.15) is 13.3 Å². The zero-order chi connectivity index (χ0) is 15.5. The van der Waals surface area contributed by atoms with Crippen molar-refractivity contribution in [1.29, 1.82) is 0 Å². The van der Waals surface area contributed by atoms with E-state index in [0.717, 1.165) is 10.4 Å². The minimum Gasteiger partial charge on any atom is -0.396 e. The molecule has 0 unspecified atom stereocenters. The molecule has 1 aromatic rings. The average molecular weight is 390 g/mol. The van der Waals surface area contributed by atoms with Crippen molar-refractivity contribution < 1.29 is 17.9 Å². The van der Waals surface area contributed by atoms with Crippen LogP contribution in [-0.4, -0.2) is 37.5 Å². The third kappa shape index (κ3) is 3.43. The first-order valence-electron chi connectivity index (χ1n) is 5.81. The number of rotatable bonds is 6. The summed E-state index contributed by atoms with van der Waals surface area (Å²) in [5.74, 6) is -1.04. The molecule has 0 heterocycles. The number of aliphatic hydroxyl groups excluding tert-OH is 1. The van der Waals surface area contributed by atoms with Gasteiger partial charge in [-0.15, -0.1) is 0 Å². The largest absolute Gasteiger partial charge is 0.396 e. The van der Waals surface area contributed by atoms with Crippen LogP contribution in [0.4, 0.5) is 10.1 Å². The van der Waals surface area contributed by atoms with Crippen LogP contribution in [-0.2, 0) is 10.0 Å². The number of anilines is 1. The van der Waals surface area contributed by atoms with Crippen LogP contribution in [0.5, 0.6) is 0 Å². The summed E-state index contributed by atoms with van der Waals surface area (Å²) >= 11 is 8.82. The molecule has 5 nitrogen and oxygen atoms in total. The van der Waals surface area contributed by atoms with E-state index in [-0.39, 0.29) is 41.3 Å². The van der Waals surface area contributed by atoms with E-state index in [9.17, 15) is 12.8 Å². The van der Waals surface area contributed by atoms with Crippen LogP contribution in [0.25, 0.3) is 0 Å². The maximum atomic E-state index is 14.1. The summed E-state index contributed by atoms with van der Waals surface area (Å²) in [7, 11) is -4.05. The Morgan fingerprint density at radius 2 is 2.15 bits per heavy atom. The van der Waals surface area contributed by atoms with Crippen molar-refractivity contribution in [2.24, 2.45) is 0 Å². The van der Waals surface area contributed by atoms with Gasteiger partial charge in [0.05, 0.1) is 15.2 Å². The first kappa shape index (κ1) is 17.6. The summed E-state index contributed by atoms with van der Waals surface area (Å²) in [5.41, 5.74) is 5.14. The highest BCUT2D eigenvalue weighted by molar-refractivity contribution is 9.10. The molecule has 0 amide bonds. The zero-order valence-corrected chi connectivity index (χ0v) is 13.9. The Morgan fingerprint density at radius 1 is 1.55 bits per heavy atom. The lowest BCUT2D eigenvalue weighted by Gasteiger charge is -2.21. The van der Waals surface area contributed by atoms with Gasteiger partial charge in [0.2, 0.25) is 10.0 Å². The molecule has 0 bridgehead atoms. The fourth-order valence-corrected chi connectivity index (χ4v) is 3.78. The van der Waals surface area contributed by atoms with E-state index in [1.165, 1.54) is 0 Å². The highest BCUT2D eigenvalue weighted by atomic mass is 79.9. The van der Waals surface area contributed by atoms with E-state index < -0.39 is 20.7 Å². The molecule has 9 heteroatoms. The third-order valence-electron chi connectivity index (χ3n) is 2.69. The summed E-state index contributed by atoms with van der Waals surface area (Å²) in [6, 6.07) is 1.02. The van der Waals surface area contributed by atoms with Gasteiger partial charge >= 0.3 is 0 Å². The molecule has 114 valence electrons. The van der Waals surface area contributed by atoms with Gasteiger partial charge in [0, 0.05) is 19.7 Å². The molecule has 0 saturated carbocycles. The third-order valence-corrected chi connectivity index (χ3v) is 6.05. The number of sulfonamides is 1. The highest BCUT2D eigenvalue weighted by Gasteiger charge is 2.29. The summed E-state index contributed by atoms with van der Waals surface area (Å²) in [6.07, 6.45) is 0.258. The molecule has 0 fully saturated rings. The standard InChI is InChI=1S/C11H15BrClFN2O3S/c1-2-16(4-3-5-17)20(18,19)8-6-7(13)9(12)11(15)10(8)14/h6,17H,2-5,15H2,1H3. The molecule has 0 radical (unpaired) electrons. The topological polar surface area (TPSA) is 83.6 Å². The summed E-state index contributed by atoms with van der Waals surface area (Å²) < 4.78 is 40.0. The Morgan fingerprint density at radius 3 is 2.65 bits per heavy atom. The highest BCUT2D eigenvalue weighted by Crippen LogP contribution is 2.35. The number of hydrogen-bond acceptors (Lipinski definition) is 4. The van der Waals surface area contributed by atoms with Crippen LogP contribution in [0.15, 0.2) is 15.4 Å². The van der Waals surface area contributed by atoms with E-state index in [1.54, 1.807) is 6.92 Å². The van der Waals surface area contributed by atoms with Crippen molar-refractivity contribution in [3.63, 3.8) is 0 Å². The van der Waals surface area contributed by atoms with Gasteiger partial charge in [-0.3, -0.25) is 0 Å². The predicted molar refractivity (Wildman–Crippen MR) is 79.7 cm³/mol. The van der Waals surface area contributed by atoms with E-state index in [0.29, 0.717) is 0 Å². The summed E-state index contributed by atoms with van der Waals surface area (Å²) in [6.45, 7) is 1.70. The number of halogens is 3. The molecule has 0 aliphatic heterocycles. The van der Waals surface area contributed by atoms with Crippen molar-refractivity contribution >= 4 is 43.2 Å². The molecule has 0 spiro atoms. The second-order valence-electron chi connectivity index (χ2n) is 3.97. The minimum atomic E-state index is -4.05. The molecule has 1 aromatic carbocycles. The van der Waals surface area contributed by atoms with E-state index >= 15 is 0 Å². The fraction of sp³-hybridized carbons (Fsp3) is 0.455. The predicted octanol–water partition coefficient (Wildman–Crippen LogP) is 2.22. The Hall–Kier alpha value is -0.410. The van der Waals surface area contributed by atoms with Gasteiger partial charge in [0.1, 0.15) is 4.90 Å². The van der Waals surface area contributed by atoms with Crippen LogP contribution >= 0.6 is 27.5 Å². The van der Waals surface area contributed by atoms with Crippen molar-refractivity contribution in [1.82, 2.24) is 4.31 Å². The lowest BCUT2D eigenvalue weighted by Crippen LogP contribution is -2.33. The minimum absolute atomic E-state index is 0.0145. The molecule has 3 N–H and O–H groups in total. The van der Waals surface area contributed by atoms with Crippen molar-refractivity contribution in [3.05, 3.63) is 21.4 Å². The van der Waals surface area contributed by atoms with Gasteiger partial charge in [-0.1, -0.05) is 18.5 Å². The normalized spacial score (nSPS) is 12.1. The average Bonchev–Trinajstić information content (AvgIpc) is 2.41. The molecular formula is C11H15BrClFN2O3S. The van der Waals surface area contributed by atoms with Gasteiger partial charge in [-0.05, 0) is 28.4 Å². The Kier molecular flexibility index (Phi) is 6.21. The monoisotopic (exact) mass is 388 g/mol. The van der Waals surface area contributed by atoms with Crippen LogP contribution in [0.2, 0.25) is 5.02 Å². The van der Waals surface area contributed by atoms with Gasteiger partial charge in [0.15, 0.2) is 5.82 Å². The SMILES string of the molecule is CCN(CCCO)S(=O)(=O)c1cc(Cl)c(Br)c(N)c1F. The molecule has 0 atom stereocenters. The number of aliphatic hydroxyl groups is 1. The number of nitrogens with zero attached hydrogens (tertiary/aromatic N) is 1. The maximum absolute atomic E-state index is 14.1. The number of benzene rings is 1. The van der Waals surface area contributed by atoms with Gasteiger partial charge in [-0.2, -0.15) is 4.31 Å². The van der Waals surface area contributed by atoms with Crippen molar-refractivity contribution in [3.8, 4) is 0 Å². The van der Waals surface area contributed by atoms with Gasteiger partial charge < -0.3 is 10.8 Å². The van der Waals surface area contributed by atoms with Crippen molar-refractivity contribution in [2.75, 3.05) is 25.4 Å². The number of hydrogen-bond donors (Lipinski definition) is 2.